The Bertz CT molecular complexity index is 336. The fraction of sp³-hybridized carbons (Fsp3) is 0.875. The third-order valence-electron chi connectivity index (χ3n) is 2.31. The molecule has 0 aromatic carbocycles. The van der Waals surface area contributed by atoms with Crippen LogP contribution in [0.2, 0.25) is 0 Å². The van der Waals surface area contributed by atoms with Gasteiger partial charge >= 0.3 is 5.97 Å². The van der Waals surface area contributed by atoms with E-state index in [2.05, 4.69) is 4.72 Å². The van der Waals surface area contributed by atoms with E-state index in [-0.39, 0.29) is 19.5 Å². The van der Waals surface area contributed by atoms with Crippen LogP contribution >= 0.6 is 0 Å². The van der Waals surface area contributed by atoms with E-state index in [1.165, 1.54) is 4.31 Å². The standard InChI is InChI=1S/C8H16N2O5S/c1-2-7(8(11)12)9-16(13,14)10-3-5-15-6-4-10/h7,9H,2-6H2,1H3,(H,11,12)/t7-/m1/s1. The zero-order valence-electron chi connectivity index (χ0n) is 9.05. The van der Waals surface area contributed by atoms with E-state index in [9.17, 15) is 13.2 Å². The number of carboxylic acid groups (broad SMARTS) is 1. The highest BCUT2D eigenvalue weighted by Gasteiger charge is 2.28. The maximum absolute atomic E-state index is 11.8. The summed E-state index contributed by atoms with van der Waals surface area (Å²) in [6.45, 7) is 2.80. The summed E-state index contributed by atoms with van der Waals surface area (Å²) in [5, 5.41) is 8.76. The summed E-state index contributed by atoms with van der Waals surface area (Å²) < 4.78 is 31.9. The first kappa shape index (κ1) is 13.4. The lowest BCUT2D eigenvalue weighted by Crippen LogP contribution is -2.51. The Morgan fingerprint density at radius 1 is 1.50 bits per heavy atom. The minimum atomic E-state index is -3.72. The van der Waals surface area contributed by atoms with Gasteiger partial charge in [-0.3, -0.25) is 4.79 Å². The SMILES string of the molecule is CC[C@@H](NS(=O)(=O)N1CCOCC1)C(=O)O. The quantitative estimate of drug-likeness (QED) is 0.655. The predicted octanol–water partition coefficient (Wildman–Crippen LogP) is -0.984. The summed E-state index contributed by atoms with van der Waals surface area (Å²) >= 11 is 0. The first-order valence-electron chi connectivity index (χ1n) is 5.05. The molecule has 1 rings (SSSR count). The van der Waals surface area contributed by atoms with Crippen molar-refractivity contribution in [2.45, 2.75) is 19.4 Å². The molecule has 0 unspecified atom stereocenters. The lowest BCUT2D eigenvalue weighted by Gasteiger charge is -2.27. The lowest BCUT2D eigenvalue weighted by molar-refractivity contribution is -0.139. The van der Waals surface area contributed by atoms with Crippen LogP contribution in [-0.2, 0) is 19.7 Å². The zero-order valence-corrected chi connectivity index (χ0v) is 9.87. The van der Waals surface area contributed by atoms with E-state index in [0.717, 1.165) is 0 Å². The Morgan fingerprint density at radius 2 is 2.06 bits per heavy atom. The molecule has 16 heavy (non-hydrogen) atoms. The van der Waals surface area contributed by atoms with Crippen molar-refractivity contribution >= 4 is 16.2 Å². The van der Waals surface area contributed by atoms with Crippen LogP contribution in [0.15, 0.2) is 0 Å². The summed E-state index contributed by atoms with van der Waals surface area (Å²) in [5.41, 5.74) is 0. The number of aliphatic carboxylic acids is 1. The molecular weight excluding hydrogens is 236 g/mol. The van der Waals surface area contributed by atoms with E-state index in [4.69, 9.17) is 9.84 Å². The van der Waals surface area contributed by atoms with Gasteiger partial charge in [0.25, 0.3) is 10.2 Å². The number of hydrogen-bond donors (Lipinski definition) is 2. The number of hydrogen-bond acceptors (Lipinski definition) is 4. The zero-order chi connectivity index (χ0) is 12.2. The van der Waals surface area contributed by atoms with Crippen LogP contribution in [0, 0.1) is 0 Å². The molecule has 1 atom stereocenters. The molecular formula is C8H16N2O5S. The molecule has 0 spiro atoms. The Morgan fingerprint density at radius 3 is 2.50 bits per heavy atom. The Hall–Kier alpha value is -0.700. The number of morpholine rings is 1. The largest absolute Gasteiger partial charge is 0.480 e. The first-order valence-corrected chi connectivity index (χ1v) is 6.49. The molecule has 94 valence electrons. The number of carbonyl (C=O) groups is 1. The summed E-state index contributed by atoms with van der Waals surface area (Å²) in [6.07, 6.45) is 0.207. The number of rotatable bonds is 5. The van der Waals surface area contributed by atoms with Gasteiger partial charge in [0, 0.05) is 13.1 Å². The van der Waals surface area contributed by atoms with E-state index >= 15 is 0 Å². The van der Waals surface area contributed by atoms with Gasteiger partial charge in [-0.05, 0) is 6.42 Å². The average molecular weight is 252 g/mol. The fourth-order valence-electron chi connectivity index (χ4n) is 1.35. The first-order chi connectivity index (χ1) is 7.47. The van der Waals surface area contributed by atoms with E-state index in [0.29, 0.717) is 13.2 Å². The lowest BCUT2D eigenvalue weighted by atomic mass is 10.2. The highest BCUT2D eigenvalue weighted by molar-refractivity contribution is 7.87. The molecule has 0 aliphatic carbocycles. The van der Waals surface area contributed by atoms with Crippen LogP contribution in [0.25, 0.3) is 0 Å². The van der Waals surface area contributed by atoms with Crippen molar-refractivity contribution in [2.24, 2.45) is 0 Å². The second-order valence-corrected chi connectivity index (χ2v) is 5.14. The second kappa shape index (κ2) is 5.58. The molecule has 1 saturated heterocycles. The van der Waals surface area contributed by atoms with Crippen molar-refractivity contribution in [3.63, 3.8) is 0 Å². The molecule has 2 N–H and O–H groups in total. The number of carboxylic acids is 1. The van der Waals surface area contributed by atoms with Gasteiger partial charge in [0.2, 0.25) is 0 Å². The summed E-state index contributed by atoms with van der Waals surface area (Å²) in [6, 6.07) is -1.08. The van der Waals surface area contributed by atoms with E-state index < -0.39 is 22.2 Å². The van der Waals surface area contributed by atoms with Gasteiger partial charge < -0.3 is 9.84 Å². The van der Waals surface area contributed by atoms with Crippen molar-refractivity contribution in [1.29, 1.82) is 0 Å². The average Bonchev–Trinajstić information content (AvgIpc) is 2.27. The molecule has 0 amide bonds. The van der Waals surface area contributed by atoms with Gasteiger partial charge in [-0.15, -0.1) is 0 Å². The minimum absolute atomic E-state index is 0.207. The summed E-state index contributed by atoms with van der Waals surface area (Å²) in [4.78, 5) is 10.7. The van der Waals surface area contributed by atoms with E-state index in [1.54, 1.807) is 6.92 Å². The minimum Gasteiger partial charge on any atom is -0.480 e. The Kier molecular flexibility index (Phi) is 4.66. The van der Waals surface area contributed by atoms with Crippen LogP contribution in [0.1, 0.15) is 13.3 Å². The third-order valence-corrected chi connectivity index (χ3v) is 3.93. The molecule has 7 nitrogen and oxygen atoms in total. The molecule has 1 aliphatic rings. The second-order valence-electron chi connectivity index (χ2n) is 3.43. The molecule has 0 radical (unpaired) electrons. The van der Waals surface area contributed by atoms with Gasteiger partial charge in [0.05, 0.1) is 13.2 Å². The van der Waals surface area contributed by atoms with Crippen LogP contribution in [-0.4, -0.2) is 56.1 Å². The van der Waals surface area contributed by atoms with Crippen molar-refractivity contribution in [3.8, 4) is 0 Å². The van der Waals surface area contributed by atoms with Crippen molar-refractivity contribution in [2.75, 3.05) is 26.3 Å². The van der Waals surface area contributed by atoms with Crippen LogP contribution in [0.4, 0.5) is 0 Å². The van der Waals surface area contributed by atoms with Crippen LogP contribution in [0.3, 0.4) is 0 Å². The van der Waals surface area contributed by atoms with Crippen LogP contribution < -0.4 is 4.72 Å². The van der Waals surface area contributed by atoms with Gasteiger partial charge in [-0.25, -0.2) is 0 Å². The number of nitrogens with one attached hydrogen (secondary N) is 1. The predicted molar refractivity (Wildman–Crippen MR) is 56.2 cm³/mol. The summed E-state index contributed by atoms with van der Waals surface area (Å²) in [5.74, 6) is -1.17. The molecule has 0 aromatic heterocycles. The Labute approximate surface area is 94.6 Å². The van der Waals surface area contributed by atoms with Gasteiger partial charge in [0.15, 0.2) is 0 Å². The number of nitrogens with zero attached hydrogens (tertiary/aromatic N) is 1. The van der Waals surface area contributed by atoms with Crippen molar-refractivity contribution < 1.29 is 23.1 Å². The molecule has 0 aromatic rings. The molecule has 0 saturated carbocycles. The maximum Gasteiger partial charge on any atom is 0.321 e. The Balaban J connectivity index is 2.65. The molecule has 8 heteroatoms. The van der Waals surface area contributed by atoms with E-state index in [1.807, 2.05) is 0 Å². The normalized spacial score (nSPS) is 20.6. The molecule has 0 bridgehead atoms. The van der Waals surface area contributed by atoms with Gasteiger partial charge in [0.1, 0.15) is 6.04 Å². The highest BCUT2D eigenvalue weighted by Crippen LogP contribution is 2.05. The molecule has 1 aliphatic heterocycles. The highest BCUT2D eigenvalue weighted by atomic mass is 32.2. The monoisotopic (exact) mass is 252 g/mol. The maximum atomic E-state index is 11.8. The molecule has 1 heterocycles. The topological polar surface area (TPSA) is 95.9 Å². The van der Waals surface area contributed by atoms with Crippen molar-refractivity contribution in [1.82, 2.24) is 9.03 Å². The van der Waals surface area contributed by atoms with Gasteiger partial charge in [-0.2, -0.15) is 17.4 Å². The summed E-state index contributed by atoms with van der Waals surface area (Å²) in [7, 11) is -3.72. The molecule has 1 fully saturated rings. The van der Waals surface area contributed by atoms with Crippen molar-refractivity contribution in [3.05, 3.63) is 0 Å². The smallest absolute Gasteiger partial charge is 0.321 e. The number of ether oxygens (including phenoxy) is 1. The fourth-order valence-corrected chi connectivity index (χ4v) is 2.76. The third kappa shape index (κ3) is 3.41. The van der Waals surface area contributed by atoms with Crippen LogP contribution in [0.5, 0.6) is 0 Å². The van der Waals surface area contributed by atoms with Gasteiger partial charge in [-0.1, -0.05) is 6.92 Å².